The molecule has 0 amide bonds. The van der Waals surface area contributed by atoms with E-state index in [1.807, 2.05) is 6.08 Å². The van der Waals surface area contributed by atoms with Gasteiger partial charge in [-0.2, -0.15) is 0 Å². The first-order chi connectivity index (χ1) is 12.9. The molecule has 0 saturated heterocycles. The monoisotopic (exact) mass is 452 g/mol. The quantitative estimate of drug-likeness (QED) is 0.246. The molecular weight excluding hydrogens is 419 g/mol. The van der Waals surface area contributed by atoms with Crippen molar-refractivity contribution in [2.24, 2.45) is 11.8 Å². The molecule has 1 aromatic heterocycles. The second-order valence-corrected chi connectivity index (χ2v) is 10.2. The minimum atomic E-state index is -0.457. The average molecular weight is 453 g/mol. The third-order valence-corrected chi connectivity index (χ3v) is 7.98. The van der Waals surface area contributed by atoms with Crippen LogP contribution in [-0.2, 0) is 6.42 Å². The van der Waals surface area contributed by atoms with Crippen molar-refractivity contribution in [2.75, 3.05) is 0 Å². The van der Waals surface area contributed by atoms with Gasteiger partial charge in [0.05, 0.1) is 20.1 Å². The summed E-state index contributed by atoms with van der Waals surface area (Å²) in [5, 5.41) is 20.8. The van der Waals surface area contributed by atoms with Gasteiger partial charge in [0.1, 0.15) is 0 Å². The summed E-state index contributed by atoms with van der Waals surface area (Å²) in [5.41, 5.74) is 0. The van der Waals surface area contributed by atoms with Gasteiger partial charge in [0.15, 0.2) is 0 Å². The lowest BCUT2D eigenvalue weighted by Crippen LogP contribution is -2.19. The van der Waals surface area contributed by atoms with Crippen LogP contribution in [0.3, 0.4) is 0 Å². The van der Waals surface area contributed by atoms with Gasteiger partial charge in [0.2, 0.25) is 0 Å². The molecule has 2 unspecified atom stereocenters. The fourth-order valence-electron chi connectivity index (χ4n) is 4.12. The SMILES string of the molecule is [B]C1CC(O)[C@H](CCCCCCC)[C@H]1/C=C/[C@@H](O)CCc1cc(Br)c(C)s1. The number of unbranched alkanes of at least 4 members (excludes halogenated alkanes) is 4. The van der Waals surface area contributed by atoms with Gasteiger partial charge < -0.3 is 10.2 Å². The van der Waals surface area contributed by atoms with Gasteiger partial charge in [0, 0.05) is 14.2 Å². The Labute approximate surface area is 179 Å². The molecule has 0 bridgehead atoms. The van der Waals surface area contributed by atoms with E-state index in [4.69, 9.17) is 7.85 Å². The topological polar surface area (TPSA) is 40.5 Å². The average Bonchev–Trinajstić information content (AvgIpc) is 3.09. The maximum Gasteiger partial charge on any atom is 0.0724 e. The molecule has 1 aliphatic rings. The maximum absolute atomic E-state index is 10.4. The van der Waals surface area contributed by atoms with E-state index >= 15 is 0 Å². The molecular formula is C22H34BBrO2S. The van der Waals surface area contributed by atoms with Crippen LogP contribution < -0.4 is 0 Å². The summed E-state index contributed by atoms with van der Waals surface area (Å²) in [6, 6.07) is 2.15. The largest absolute Gasteiger partial charge is 0.393 e. The second kappa shape index (κ2) is 11.8. The fourth-order valence-corrected chi connectivity index (χ4v) is 5.74. The zero-order chi connectivity index (χ0) is 19.8. The van der Waals surface area contributed by atoms with Crippen molar-refractivity contribution < 1.29 is 10.2 Å². The fraction of sp³-hybridized carbons (Fsp3) is 0.727. The van der Waals surface area contributed by atoms with Gasteiger partial charge >= 0.3 is 0 Å². The highest BCUT2D eigenvalue weighted by atomic mass is 79.9. The van der Waals surface area contributed by atoms with Gasteiger partial charge in [-0.25, -0.2) is 0 Å². The van der Waals surface area contributed by atoms with Crippen molar-refractivity contribution >= 4 is 35.1 Å². The van der Waals surface area contributed by atoms with Gasteiger partial charge in [0.25, 0.3) is 0 Å². The molecule has 1 fully saturated rings. The minimum Gasteiger partial charge on any atom is -0.393 e. The minimum absolute atomic E-state index is 0.00000672. The molecule has 27 heavy (non-hydrogen) atoms. The molecule has 1 aromatic rings. The Morgan fingerprint density at radius 1 is 1.33 bits per heavy atom. The lowest BCUT2D eigenvalue weighted by atomic mass is 9.75. The molecule has 150 valence electrons. The van der Waals surface area contributed by atoms with Crippen LogP contribution in [0.15, 0.2) is 22.7 Å². The van der Waals surface area contributed by atoms with E-state index in [0.29, 0.717) is 6.42 Å². The van der Waals surface area contributed by atoms with E-state index in [9.17, 15) is 10.2 Å². The molecule has 2 nitrogen and oxygen atoms in total. The number of thiophene rings is 1. The molecule has 0 spiro atoms. The van der Waals surface area contributed by atoms with Crippen LogP contribution in [0.1, 0.15) is 68.0 Å². The van der Waals surface area contributed by atoms with E-state index < -0.39 is 6.10 Å². The highest BCUT2D eigenvalue weighted by molar-refractivity contribution is 9.10. The normalized spacial score (nSPS) is 26.9. The first-order valence-electron chi connectivity index (χ1n) is 10.5. The molecule has 1 saturated carbocycles. The van der Waals surface area contributed by atoms with Crippen LogP contribution in [0.25, 0.3) is 0 Å². The van der Waals surface area contributed by atoms with Crippen LogP contribution in [-0.4, -0.2) is 30.3 Å². The van der Waals surface area contributed by atoms with Crippen molar-refractivity contribution in [3.63, 3.8) is 0 Å². The first-order valence-corrected chi connectivity index (χ1v) is 12.1. The van der Waals surface area contributed by atoms with Crippen LogP contribution in [0, 0.1) is 18.8 Å². The van der Waals surface area contributed by atoms with Gasteiger partial charge in [-0.15, -0.1) is 11.3 Å². The molecule has 5 atom stereocenters. The van der Waals surface area contributed by atoms with Crippen LogP contribution >= 0.6 is 27.3 Å². The molecule has 0 aliphatic heterocycles. The Morgan fingerprint density at radius 3 is 2.74 bits per heavy atom. The molecule has 1 heterocycles. The molecule has 5 heteroatoms. The van der Waals surface area contributed by atoms with E-state index in [0.717, 1.165) is 30.2 Å². The molecule has 0 aromatic carbocycles. The number of aliphatic hydroxyl groups is 2. The lowest BCUT2D eigenvalue weighted by molar-refractivity contribution is 0.116. The van der Waals surface area contributed by atoms with Crippen LogP contribution in [0.4, 0.5) is 0 Å². The Morgan fingerprint density at radius 2 is 2.07 bits per heavy atom. The highest BCUT2D eigenvalue weighted by Gasteiger charge is 2.37. The van der Waals surface area contributed by atoms with E-state index in [-0.39, 0.29) is 23.8 Å². The highest BCUT2D eigenvalue weighted by Crippen LogP contribution is 2.43. The standard InChI is InChI=1S/C22H34BBrO2S/c1-3-4-5-6-7-8-19-18(20(23)14-22(19)26)12-10-16(25)9-11-17-13-21(24)15(2)27-17/h10,12-13,16,18-20,22,25-26H,3-9,11,14H2,1-2H3/b12-10+/t16-,18+,19+,20?,22?/m0/s1. The predicted octanol–water partition coefficient (Wildman–Crippen LogP) is 5.98. The smallest absolute Gasteiger partial charge is 0.0724 e. The molecule has 2 radical (unpaired) electrons. The Bertz CT molecular complexity index is 569. The number of allylic oxidation sites excluding steroid dienone is 1. The van der Waals surface area contributed by atoms with Crippen molar-refractivity contribution in [3.8, 4) is 0 Å². The third kappa shape index (κ3) is 7.34. The van der Waals surface area contributed by atoms with E-state index in [2.05, 4.69) is 41.9 Å². The van der Waals surface area contributed by atoms with Crippen molar-refractivity contribution in [3.05, 3.63) is 32.4 Å². The zero-order valence-corrected chi connectivity index (χ0v) is 19.1. The molecule has 2 N–H and O–H groups in total. The number of halogens is 1. The van der Waals surface area contributed by atoms with Crippen molar-refractivity contribution in [1.82, 2.24) is 0 Å². The van der Waals surface area contributed by atoms with Gasteiger partial charge in [-0.3, -0.25) is 0 Å². The number of hydrogen-bond acceptors (Lipinski definition) is 3. The van der Waals surface area contributed by atoms with Crippen molar-refractivity contribution in [1.29, 1.82) is 0 Å². The summed E-state index contributed by atoms with van der Waals surface area (Å²) in [7, 11) is 6.29. The summed E-state index contributed by atoms with van der Waals surface area (Å²) < 4.78 is 1.15. The molecule has 2 rings (SSSR count). The van der Waals surface area contributed by atoms with E-state index in [1.165, 1.54) is 35.4 Å². The number of aliphatic hydroxyl groups excluding tert-OH is 2. The van der Waals surface area contributed by atoms with Crippen LogP contribution in [0.2, 0.25) is 5.82 Å². The van der Waals surface area contributed by atoms with Crippen LogP contribution in [0.5, 0.6) is 0 Å². The predicted molar refractivity (Wildman–Crippen MR) is 121 cm³/mol. The first kappa shape index (κ1) is 23.2. The summed E-state index contributed by atoms with van der Waals surface area (Å²) >= 11 is 5.33. The summed E-state index contributed by atoms with van der Waals surface area (Å²) in [6.45, 7) is 4.33. The summed E-state index contributed by atoms with van der Waals surface area (Å²) in [5.74, 6) is 0.417. The molecule has 1 aliphatic carbocycles. The zero-order valence-electron chi connectivity index (χ0n) is 16.7. The Kier molecular flexibility index (Phi) is 10.1. The summed E-state index contributed by atoms with van der Waals surface area (Å²) in [4.78, 5) is 2.58. The van der Waals surface area contributed by atoms with Crippen molar-refractivity contribution in [2.45, 2.75) is 89.7 Å². The maximum atomic E-state index is 10.4. The Hall–Kier alpha value is -0.0951. The van der Waals surface area contributed by atoms with Gasteiger partial charge in [-0.1, -0.05) is 57.0 Å². The number of aryl methyl sites for hydroxylation is 2. The summed E-state index contributed by atoms with van der Waals surface area (Å²) in [6.07, 6.45) is 12.8. The number of rotatable bonds is 11. The number of hydrogen-bond donors (Lipinski definition) is 2. The second-order valence-electron chi connectivity index (χ2n) is 8.02. The van der Waals surface area contributed by atoms with Gasteiger partial charge in [-0.05, 0) is 66.4 Å². The lowest BCUT2D eigenvalue weighted by Gasteiger charge is -2.22. The third-order valence-electron chi connectivity index (χ3n) is 5.79. The van der Waals surface area contributed by atoms with E-state index in [1.54, 1.807) is 11.3 Å². The Balaban J connectivity index is 1.82.